The molecule has 0 aliphatic rings. The van der Waals surface area contributed by atoms with E-state index in [9.17, 15) is 32.4 Å². The van der Waals surface area contributed by atoms with E-state index in [1.54, 1.807) is 32.0 Å². The van der Waals surface area contributed by atoms with Crippen molar-refractivity contribution >= 4 is 84.2 Å². The number of thiocarbonyl (C=S) groups is 1. The van der Waals surface area contributed by atoms with Gasteiger partial charge in [0.15, 0.2) is 0 Å². The molecule has 0 radical (unpaired) electrons. The number of amides is 5. The number of fused-ring (bicyclic) bond motifs is 2. The van der Waals surface area contributed by atoms with E-state index in [4.69, 9.17) is 19.9 Å². The van der Waals surface area contributed by atoms with E-state index in [2.05, 4.69) is 48.4 Å². The molecule has 3 unspecified atom stereocenters. The fraction of sp³-hybridized carbons (Fsp3) is 0.509. The molecular weight excluding hydrogens is 973 g/mol. The first-order valence-corrected chi connectivity index (χ1v) is 26.7. The highest BCUT2D eigenvalue weighted by molar-refractivity contribution is 7.89. The minimum atomic E-state index is -3.86. The lowest BCUT2D eigenvalue weighted by Crippen LogP contribution is -2.47. The van der Waals surface area contributed by atoms with Crippen molar-refractivity contribution in [2.75, 3.05) is 78.2 Å². The van der Waals surface area contributed by atoms with Crippen molar-refractivity contribution in [1.29, 1.82) is 0 Å². The summed E-state index contributed by atoms with van der Waals surface area (Å²) in [6.45, 7) is 8.04. The van der Waals surface area contributed by atoms with Gasteiger partial charge in [-0.3, -0.25) is 24.0 Å². The summed E-state index contributed by atoms with van der Waals surface area (Å²) in [6.07, 6.45) is 2.77. The Hall–Kier alpha value is -5.86. The molecular formula is C53H74N8O10S2. The summed E-state index contributed by atoms with van der Waals surface area (Å²) >= 11 is 4.51. The molecule has 4 aromatic carbocycles. The van der Waals surface area contributed by atoms with Crippen molar-refractivity contribution in [3.05, 3.63) is 84.4 Å². The van der Waals surface area contributed by atoms with Crippen LogP contribution >= 0.6 is 12.2 Å². The van der Waals surface area contributed by atoms with Gasteiger partial charge in [-0.1, -0.05) is 73.7 Å². The van der Waals surface area contributed by atoms with Crippen molar-refractivity contribution < 1.29 is 46.6 Å². The normalized spacial score (nSPS) is 12.8. The molecule has 5 amide bonds. The van der Waals surface area contributed by atoms with Crippen LogP contribution in [-0.2, 0) is 54.6 Å². The first-order chi connectivity index (χ1) is 34.9. The number of carbonyl (C=O) groups excluding carboxylic acids is 5. The maximum atomic E-state index is 13.5. The molecule has 0 aliphatic carbocycles. The number of ether oxygens (including phenoxy) is 3. The molecule has 0 saturated carbocycles. The smallest absolute Gasteiger partial charge is 0.242 e. The maximum absolute atomic E-state index is 13.5. The lowest BCUT2D eigenvalue weighted by Gasteiger charge is -2.27. The number of benzene rings is 4. The molecule has 73 heavy (non-hydrogen) atoms. The van der Waals surface area contributed by atoms with Gasteiger partial charge >= 0.3 is 0 Å². The molecule has 3 atom stereocenters. The Balaban J connectivity index is 1.19. The monoisotopic (exact) mass is 1050 g/mol. The Kier molecular flexibility index (Phi) is 25.4. The molecule has 0 spiro atoms. The summed E-state index contributed by atoms with van der Waals surface area (Å²) in [4.78, 5) is 70.6. The summed E-state index contributed by atoms with van der Waals surface area (Å²) < 4.78 is 46.5. The van der Waals surface area contributed by atoms with E-state index in [1.165, 1.54) is 0 Å². The first-order valence-electron chi connectivity index (χ1n) is 24.8. The largest absolute Gasteiger partial charge is 0.379 e. The van der Waals surface area contributed by atoms with Crippen LogP contribution in [0.4, 0.5) is 5.69 Å². The summed E-state index contributed by atoms with van der Waals surface area (Å²) in [5, 5.41) is 17.2. The second-order valence-electron chi connectivity index (χ2n) is 18.8. The highest BCUT2D eigenvalue weighted by Gasteiger charge is 2.28. The molecule has 0 bridgehead atoms. The lowest BCUT2D eigenvalue weighted by molar-refractivity contribution is -0.132. The number of nitrogens with two attached hydrogens (primary N) is 1. The minimum Gasteiger partial charge on any atom is -0.379 e. The molecule has 0 saturated heterocycles. The number of rotatable bonds is 35. The van der Waals surface area contributed by atoms with Crippen molar-refractivity contribution in [2.24, 2.45) is 16.6 Å². The van der Waals surface area contributed by atoms with E-state index < -0.39 is 39.5 Å². The van der Waals surface area contributed by atoms with Gasteiger partial charge < -0.3 is 46.1 Å². The predicted molar refractivity (Wildman–Crippen MR) is 288 cm³/mol. The molecule has 398 valence electrons. The lowest BCUT2D eigenvalue weighted by atomic mass is 10.0. The Morgan fingerprint density at radius 2 is 1.42 bits per heavy atom. The minimum absolute atomic E-state index is 0.0827. The highest BCUT2D eigenvalue weighted by Crippen LogP contribution is 2.30. The number of anilines is 1. The van der Waals surface area contributed by atoms with Gasteiger partial charge in [0.1, 0.15) is 12.1 Å². The number of aliphatic imine (C=N–C) groups is 1. The van der Waals surface area contributed by atoms with E-state index in [0.29, 0.717) is 70.4 Å². The average molecular weight is 1050 g/mol. The number of hydrogen-bond acceptors (Lipinski definition) is 13. The first kappa shape index (κ1) is 59.7. The second kappa shape index (κ2) is 31.0. The molecule has 0 heterocycles. The average Bonchev–Trinajstić information content (AvgIpc) is 3.35. The van der Waals surface area contributed by atoms with Crippen LogP contribution in [0.25, 0.3) is 21.5 Å². The Morgan fingerprint density at radius 1 is 0.767 bits per heavy atom. The van der Waals surface area contributed by atoms with Crippen molar-refractivity contribution in [1.82, 2.24) is 26.0 Å². The predicted octanol–water partition coefficient (Wildman–Crippen LogP) is 4.96. The molecule has 0 aromatic heterocycles. The number of nitrogens with zero attached hydrogens (tertiary/aromatic N) is 2. The zero-order valence-corrected chi connectivity index (χ0v) is 44.5. The van der Waals surface area contributed by atoms with Gasteiger partial charge in [0.25, 0.3) is 0 Å². The number of hydrogen-bond donors (Lipinski definition) is 6. The fourth-order valence-corrected chi connectivity index (χ4v) is 9.38. The third-order valence-electron chi connectivity index (χ3n) is 11.8. The zero-order valence-electron chi connectivity index (χ0n) is 42.8. The van der Waals surface area contributed by atoms with Crippen LogP contribution in [0.2, 0.25) is 0 Å². The van der Waals surface area contributed by atoms with Crippen LogP contribution in [-0.4, -0.2) is 134 Å². The van der Waals surface area contributed by atoms with Crippen molar-refractivity contribution in [3.8, 4) is 0 Å². The zero-order chi connectivity index (χ0) is 53.2. The SMILES string of the molecule is CC(CNS(=O)(=O)c1cccc2c(N(C)C)cccc12)COC(C)(C)CC(=O)NC(CCCCNC(=O)C(CCCCNC(=O)CCOCCOCCN=C=S)NC(=O)Cc1ccc2ccccc2c1)C(N)=O. The van der Waals surface area contributed by atoms with Crippen molar-refractivity contribution in [2.45, 2.75) is 101 Å². The Bertz CT molecular complexity index is 2610. The number of isothiocyanates is 1. The number of sulfonamides is 1. The van der Waals surface area contributed by atoms with E-state index in [1.807, 2.05) is 86.6 Å². The highest BCUT2D eigenvalue weighted by atomic mass is 32.2. The summed E-state index contributed by atoms with van der Waals surface area (Å²) in [7, 11) is -0.0519. The van der Waals surface area contributed by atoms with Crippen LogP contribution in [0.1, 0.15) is 77.7 Å². The van der Waals surface area contributed by atoms with E-state index in [-0.39, 0.29) is 80.5 Å². The van der Waals surface area contributed by atoms with Gasteiger partial charge in [0.2, 0.25) is 39.6 Å². The van der Waals surface area contributed by atoms with Crippen LogP contribution in [0.15, 0.2) is 88.8 Å². The molecule has 18 nitrogen and oxygen atoms in total. The Morgan fingerprint density at radius 3 is 2.14 bits per heavy atom. The van der Waals surface area contributed by atoms with Crippen LogP contribution in [0.3, 0.4) is 0 Å². The number of primary amides is 1. The van der Waals surface area contributed by atoms with Crippen LogP contribution in [0.5, 0.6) is 0 Å². The standard InChI is InChI=1S/C53H74N8O10S2/c1-38(35-58-73(67,68)47-21-13-16-42-43(47)17-12-20-46(42)61(4)5)36-71-53(2,3)34-50(64)59-44(51(54)65)18-8-11-26-57-52(66)45(60-49(63)33-39-22-23-40-14-6-7-15-41(40)32-39)19-9-10-25-56-48(62)24-28-69-30-31-70-29-27-55-37-72/h6-7,12-17,20-23,32,38,44-45,58H,8-11,18-19,24-31,33-36H2,1-5H3,(H2,54,65)(H,56,62)(H,57,66)(H,59,64)(H,60,63). The maximum Gasteiger partial charge on any atom is 0.242 e. The van der Waals surface area contributed by atoms with E-state index in [0.717, 1.165) is 27.4 Å². The summed E-state index contributed by atoms with van der Waals surface area (Å²) in [5.41, 5.74) is 6.44. The van der Waals surface area contributed by atoms with Gasteiger partial charge in [-0.15, -0.1) is 0 Å². The summed E-state index contributed by atoms with van der Waals surface area (Å²) in [5.74, 6) is -2.22. The number of carbonyl (C=O) groups is 5. The third kappa shape index (κ3) is 21.6. The number of unbranched alkanes of at least 4 members (excludes halogenated alkanes) is 2. The van der Waals surface area contributed by atoms with Crippen LogP contribution in [0, 0.1) is 5.92 Å². The summed E-state index contributed by atoms with van der Waals surface area (Å²) in [6, 6.07) is 22.6. The third-order valence-corrected chi connectivity index (χ3v) is 13.4. The van der Waals surface area contributed by atoms with Crippen LogP contribution < -0.4 is 36.6 Å². The second-order valence-corrected chi connectivity index (χ2v) is 20.7. The van der Waals surface area contributed by atoms with Gasteiger partial charge in [-0.2, -0.15) is 0 Å². The molecule has 4 rings (SSSR count). The molecule has 7 N–H and O–H groups in total. The fourth-order valence-electron chi connectivity index (χ4n) is 7.90. The van der Waals surface area contributed by atoms with Gasteiger partial charge in [0, 0.05) is 56.6 Å². The van der Waals surface area contributed by atoms with Gasteiger partial charge in [-0.25, -0.2) is 18.1 Å². The topological polar surface area (TPSA) is 249 Å². The Labute approximate surface area is 435 Å². The molecule has 4 aromatic rings. The van der Waals surface area contributed by atoms with Crippen molar-refractivity contribution in [3.63, 3.8) is 0 Å². The quantitative estimate of drug-likeness (QED) is 0.0204. The molecule has 20 heteroatoms. The molecule has 0 fully saturated rings. The van der Waals surface area contributed by atoms with Gasteiger partial charge in [-0.05, 0) is 99.0 Å². The van der Waals surface area contributed by atoms with E-state index >= 15 is 0 Å². The number of nitrogens with one attached hydrogen (secondary N) is 5. The van der Waals surface area contributed by atoms with Gasteiger partial charge in [0.05, 0.1) is 68.1 Å². The molecule has 0 aliphatic heterocycles.